The number of hydrogen-bond donors (Lipinski definition) is 0. The van der Waals surface area contributed by atoms with Crippen molar-refractivity contribution in [3.8, 4) is 0 Å². The molecule has 6 nitrogen and oxygen atoms in total. The quantitative estimate of drug-likeness (QED) is 0.853. The molecule has 1 aromatic rings. The fourth-order valence-electron chi connectivity index (χ4n) is 2.66. The van der Waals surface area contributed by atoms with Crippen LogP contribution in [0.2, 0.25) is 0 Å². The Morgan fingerprint density at radius 3 is 2.65 bits per heavy atom. The Labute approximate surface area is 136 Å². The van der Waals surface area contributed by atoms with Gasteiger partial charge in [-0.3, -0.25) is 14.5 Å². The van der Waals surface area contributed by atoms with Gasteiger partial charge in [0.05, 0.1) is 6.04 Å². The number of rotatable bonds is 3. The van der Waals surface area contributed by atoms with Gasteiger partial charge >= 0.3 is 6.09 Å². The lowest BCUT2D eigenvalue weighted by Gasteiger charge is -2.28. The number of aryl methyl sites for hydroxylation is 1. The number of amides is 1. The number of Topliss-reactive ketones (excluding diaryl/α,β-unsaturated/α-hetero) is 1. The van der Waals surface area contributed by atoms with E-state index in [1.54, 1.807) is 40.1 Å². The number of hydrogen-bond acceptors (Lipinski definition) is 4. The molecule has 0 aromatic carbocycles. The number of ether oxygens (including phenoxy) is 1. The number of nitrogens with zero attached hydrogens (tertiary/aromatic N) is 2. The molecule has 23 heavy (non-hydrogen) atoms. The van der Waals surface area contributed by atoms with E-state index in [1.807, 2.05) is 0 Å². The number of aromatic nitrogens is 1. The van der Waals surface area contributed by atoms with Gasteiger partial charge in [-0.15, -0.1) is 0 Å². The Morgan fingerprint density at radius 1 is 1.35 bits per heavy atom. The summed E-state index contributed by atoms with van der Waals surface area (Å²) < 4.78 is 6.82. The molecular formula is C17H24N2O4. The normalized spacial score (nSPS) is 18.1. The second kappa shape index (κ2) is 6.56. The average Bonchev–Trinajstić information content (AvgIpc) is 2.90. The zero-order valence-corrected chi connectivity index (χ0v) is 14.2. The van der Waals surface area contributed by atoms with Crippen LogP contribution in [0.25, 0.3) is 0 Å². The predicted molar refractivity (Wildman–Crippen MR) is 86.4 cm³/mol. The van der Waals surface area contributed by atoms with E-state index in [-0.39, 0.29) is 17.8 Å². The fourth-order valence-corrected chi connectivity index (χ4v) is 2.66. The van der Waals surface area contributed by atoms with Crippen LogP contribution in [-0.2, 0) is 23.0 Å². The first-order valence-corrected chi connectivity index (χ1v) is 7.85. The molecule has 0 aliphatic carbocycles. The highest BCUT2D eigenvalue weighted by Crippen LogP contribution is 2.22. The van der Waals surface area contributed by atoms with Crippen LogP contribution in [0.1, 0.15) is 39.2 Å². The van der Waals surface area contributed by atoms with Crippen molar-refractivity contribution in [2.45, 2.75) is 51.7 Å². The standard InChI is InChI=1S/C17H24N2O4/c1-17(2,3)23-16(22)19-8-5-6-13(19)14(20)10-12-7-9-18(4)15(21)11-12/h7,9,11,13H,5-6,8,10H2,1-4H3/t13-/m0/s1. The first-order valence-electron chi connectivity index (χ1n) is 7.85. The molecule has 1 aromatic heterocycles. The van der Waals surface area contributed by atoms with Crippen LogP contribution in [0.3, 0.4) is 0 Å². The van der Waals surface area contributed by atoms with Crippen molar-refractivity contribution in [1.29, 1.82) is 0 Å². The minimum absolute atomic E-state index is 0.0541. The van der Waals surface area contributed by atoms with Gasteiger partial charge < -0.3 is 9.30 Å². The third-order valence-corrected chi connectivity index (χ3v) is 3.80. The second-order valence-electron chi connectivity index (χ2n) is 6.96. The summed E-state index contributed by atoms with van der Waals surface area (Å²) >= 11 is 0. The molecular weight excluding hydrogens is 296 g/mol. The summed E-state index contributed by atoms with van der Waals surface area (Å²) in [5.74, 6) is -0.0541. The van der Waals surface area contributed by atoms with E-state index in [0.717, 1.165) is 6.42 Å². The van der Waals surface area contributed by atoms with Gasteiger partial charge in [0.1, 0.15) is 5.60 Å². The number of ketones is 1. The van der Waals surface area contributed by atoms with E-state index < -0.39 is 17.7 Å². The average molecular weight is 320 g/mol. The predicted octanol–water partition coefficient (Wildman–Crippen LogP) is 1.90. The molecule has 1 atom stereocenters. The van der Waals surface area contributed by atoms with Gasteiger partial charge in [-0.2, -0.15) is 0 Å². The third kappa shape index (κ3) is 4.43. The van der Waals surface area contributed by atoms with E-state index in [9.17, 15) is 14.4 Å². The van der Waals surface area contributed by atoms with Gasteiger partial charge in [-0.05, 0) is 45.2 Å². The highest BCUT2D eigenvalue weighted by atomic mass is 16.6. The number of carbonyl (C=O) groups excluding carboxylic acids is 2. The Kier molecular flexibility index (Phi) is 4.92. The topological polar surface area (TPSA) is 68.6 Å². The maximum Gasteiger partial charge on any atom is 0.410 e. The highest BCUT2D eigenvalue weighted by molar-refractivity contribution is 5.89. The molecule has 2 heterocycles. The largest absolute Gasteiger partial charge is 0.444 e. The fraction of sp³-hybridized carbons (Fsp3) is 0.588. The number of likely N-dealkylation sites (tertiary alicyclic amines) is 1. The molecule has 0 saturated carbocycles. The first-order chi connectivity index (χ1) is 10.7. The zero-order valence-electron chi connectivity index (χ0n) is 14.2. The lowest BCUT2D eigenvalue weighted by atomic mass is 10.0. The van der Waals surface area contributed by atoms with Crippen molar-refractivity contribution in [1.82, 2.24) is 9.47 Å². The maximum atomic E-state index is 12.5. The molecule has 1 saturated heterocycles. The lowest BCUT2D eigenvalue weighted by molar-refractivity contribution is -0.122. The number of carbonyl (C=O) groups is 2. The van der Waals surface area contributed by atoms with Gasteiger partial charge in [-0.1, -0.05) is 0 Å². The molecule has 0 bridgehead atoms. The van der Waals surface area contributed by atoms with Crippen molar-refractivity contribution in [2.75, 3.05) is 6.54 Å². The summed E-state index contributed by atoms with van der Waals surface area (Å²) in [6, 6.07) is 2.76. The highest BCUT2D eigenvalue weighted by Gasteiger charge is 2.36. The number of pyridine rings is 1. The Bertz CT molecular complexity index is 657. The molecule has 0 unspecified atom stereocenters. The monoisotopic (exact) mass is 320 g/mol. The van der Waals surface area contributed by atoms with Crippen LogP contribution in [0.4, 0.5) is 4.79 Å². The van der Waals surface area contributed by atoms with Crippen LogP contribution < -0.4 is 5.56 Å². The zero-order chi connectivity index (χ0) is 17.2. The van der Waals surface area contributed by atoms with E-state index >= 15 is 0 Å². The van der Waals surface area contributed by atoms with Crippen LogP contribution >= 0.6 is 0 Å². The lowest BCUT2D eigenvalue weighted by Crippen LogP contribution is -2.43. The molecule has 1 amide bonds. The van der Waals surface area contributed by atoms with E-state index in [2.05, 4.69) is 0 Å². The maximum absolute atomic E-state index is 12.5. The third-order valence-electron chi connectivity index (χ3n) is 3.80. The van der Waals surface area contributed by atoms with Crippen molar-refractivity contribution in [3.63, 3.8) is 0 Å². The summed E-state index contributed by atoms with van der Waals surface area (Å²) in [5.41, 5.74) is -0.0568. The molecule has 126 valence electrons. The van der Waals surface area contributed by atoms with Crippen molar-refractivity contribution < 1.29 is 14.3 Å². The molecule has 0 spiro atoms. The van der Waals surface area contributed by atoms with E-state index in [1.165, 1.54) is 15.5 Å². The van der Waals surface area contributed by atoms with Crippen molar-refractivity contribution in [2.24, 2.45) is 7.05 Å². The SMILES string of the molecule is Cn1ccc(CC(=O)[C@@H]2CCCN2C(=O)OC(C)(C)C)cc1=O. The summed E-state index contributed by atoms with van der Waals surface area (Å²) in [6.07, 6.45) is 2.78. The minimum Gasteiger partial charge on any atom is -0.444 e. The molecule has 0 radical (unpaired) electrons. The minimum atomic E-state index is -0.584. The summed E-state index contributed by atoms with van der Waals surface area (Å²) in [5, 5.41) is 0. The van der Waals surface area contributed by atoms with Crippen LogP contribution in [-0.4, -0.2) is 39.5 Å². The van der Waals surface area contributed by atoms with Gasteiger partial charge in [0.2, 0.25) is 0 Å². The second-order valence-corrected chi connectivity index (χ2v) is 6.96. The van der Waals surface area contributed by atoms with Crippen molar-refractivity contribution in [3.05, 3.63) is 34.2 Å². The Hall–Kier alpha value is -2.11. The molecule has 6 heteroatoms. The van der Waals surface area contributed by atoms with Crippen LogP contribution in [0, 0.1) is 0 Å². The Balaban J connectivity index is 2.07. The van der Waals surface area contributed by atoms with E-state index in [4.69, 9.17) is 4.74 Å². The van der Waals surface area contributed by atoms with Gasteiger partial charge in [0, 0.05) is 32.3 Å². The van der Waals surface area contributed by atoms with Gasteiger partial charge in [-0.25, -0.2) is 4.79 Å². The summed E-state index contributed by atoms with van der Waals surface area (Å²) in [4.78, 5) is 37.9. The van der Waals surface area contributed by atoms with E-state index in [0.29, 0.717) is 18.5 Å². The molecule has 2 rings (SSSR count). The molecule has 1 aliphatic heterocycles. The van der Waals surface area contributed by atoms with Crippen LogP contribution in [0.15, 0.2) is 23.1 Å². The van der Waals surface area contributed by atoms with Gasteiger partial charge in [0.25, 0.3) is 5.56 Å². The molecule has 1 aliphatic rings. The molecule has 0 N–H and O–H groups in total. The molecule has 1 fully saturated rings. The summed E-state index contributed by atoms with van der Waals surface area (Å²) in [7, 11) is 1.66. The summed E-state index contributed by atoms with van der Waals surface area (Å²) in [6.45, 7) is 5.94. The van der Waals surface area contributed by atoms with Crippen molar-refractivity contribution >= 4 is 11.9 Å². The van der Waals surface area contributed by atoms with Gasteiger partial charge in [0.15, 0.2) is 5.78 Å². The van der Waals surface area contributed by atoms with Crippen LogP contribution in [0.5, 0.6) is 0 Å². The smallest absolute Gasteiger partial charge is 0.410 e. The Morgan fingerprint density at radius 2 is 2.04 bits per heavy atom. The first kappa shape index (κ1) is 17.2.